The van der Waals surface area contributed by atoms with Crippen molar-refractivity contribution in [3.63, 3.8) is 0 Å². The minimum absolute atomic E-state index is 0.0687. The Morgan fingerprint density at radius 1 is 0.688 bits per heavy atom. The Kier molecular flexibility index (Phi) is 5.85. The van der Waals surface area contributed by atoms with E-state index in [2.05, 4.69) is 148 Å². The van der Waals surface area contributed by atoms with Gasteiger partial charge in [-0.15, -0.1) is 11.3 Å². The van der Waals surface area contributed by atoms with Crippen molar-refractivity contribution < 1.29 is 4.74 Å². The summed E-state index contributed by atoms with van der Waals surface area (Å²) in [6.07, 6.45) is 2.31. The van der Waals surface area contributed by atoms with Crippen LogP contribution in [0.5, 0.6) is 11.5 Å². The molecule has 244 valence electrons. The lowest BCUT2D eigenvalue weighted by molar-refractivity contribution is 0.403. The van der Waals surface area contributed by atoms with Gasteiger partial charge in [0.25, 0.3) is 6.71 Å². The normalized spacial score (nSPS) is 20.1. The molecule has 0 bridgehead atoms. The van der Waals surface area contributed by atoms with Gasteiger partial charge in [-0.2, -0.15) is 0 Å². The number of anilines is 3. The molecule has 4 aromatic carbocycles. The maximum absolute atomic E-state index is 7.03. The van der Waals surface area contributed by atoms with Crippen molar-refractivity contribution in [1.82, 2.24) is 0 Å². The number of fused-ring (bicyclic) bond motifs is 8. The molecule has 48 heavy (non-hydrogen) atoms. The van der Waals surface area contributed by atoms with Gasteiger partial charge in [0.2, 0.25) is 0 Å². The summed E-state index contributed by atoms with van der Waals surface area (Å²) < 4.78 is 9.67. The maximum Gasteiger partial charge on any atom is 0.268 e. The highest BCUT2D eigenvalue weighted by Crippen LogP contribution is 2.54. The number of benzene rings is 4. The first kappa shape index (κ1) is 30.6. The first-order chi connectivity index (χ1) is 22.4. The second-order valence-corrected chi connectivity index (χ2v) is 20.0. The molecule has 0 N–H and O–H groups in total. The molecule has 2 aliphatic carbocycles. The van der Waals surface area contributed by atoms with Crippen molar-refractivity contribution in [3.8, 4) is 11.5 Å². The molecule has 0 saturated heterocycles. The Balaban J connectivity index is 1.34. The van der Waals surface area contributed by atoms with Crippen LogP contribution in [-0.2, 0) is 27.1 Å². The van der Waals surface area contributed by atoms with E-state index in [1.165, 1.54) is 70.7 Å². The Labute approximate surface area is 291 Å². The maximum atomic E-state index is 7.03. The van der Waals surface area contributed by atoms with E-state index in [0.29, 0.717) is 0 Å². The van der Waals surface area contributed by atoms with Crippen molar-refractivity contribution >= 4 is 60.9 Å². The number of nitrogens with zero attached hydrogens (tertiary/aromatic N) is 1. The van der Waals surface area contributed by atoms with Crippen LogP contribution in [0.15, 0.2) is 66.7 Å². The first-order valence-electron chi connectivity index (χ1n) is 17.9. The van der Waals surface area contributed by atoms with Crippen molar-refractivity contribution in [2.75, 3.05) is 4.90 Å². The molecule has 0 saturated carbocycles. The molecule has 3 heterocycles. The van der Waals surface area contributed by atoms with Gasteiger partial charge in [0.15, 0.2) is 0 Å². The summed E-state index contributed by atoms with van der Waals surface area (Å²) in [5.41, 5.74) is 14.4. The quantitative estimate of drug-likeness (QED) is 0.164. The summed E-state index contributed by atoms with van der Waals surface area (Å²) in [5, 5.41) is 1.24. The van der Waals surface area contributed by atoms with Gasteiger partial charge in [0.1, 0.15) is 11.5 Å². The third-order valence-electron chi connectivity index (χ3n) is 12.2. The minimum atomic E-state index is 0.0687. The van der Waals surface area contributed by atoms with E-state index in [4.69, 9.17) is 4.74 Å². The fourth-order valence-electron chi connectivity index (χ4n) is 10.5. The highest BCUT2D eigenvalue weighted by molar-refractivity contribution is 7.33. The van der Waals surface area contributed by atoms with Gasteiger partial charge in [-0.05, 0) is 121 Å². The van der Waals surface area contributed by atoms with E-state index < -0.39 is 0 Å². The number of thiophene rings is 1. The van der Waals surface area contributed by atoms with E-state index in [1.54, 1.807) is 0 Å². The zero-order chi connectivity index (χ0) is 33.9. The molecule has 0 radical (unpaired) electrons. The molecule has 2 nitrogen and oxygen atoms in total. The fourth-order valence-corrected chi connectivity index (χ4v) is 11.7. The van der Waals surface area contributed by atoms with Crippen molar-refractivity contribution in [2.24, 2.45) is 0 Å². The molecule has 0 atom stereocenters. The van der Waals surface area contributed by atoms with Crippen LogP contribution in [0.2, 0.25) is 0 Å². The first-order valence-corrected chi connectivity index (χ1v) is 18.7. The molecule has 2 aliphatic heterocycles. The van der Waals surface area contributed by atoms with Gasteiger partial charge in [-0.1, -0.05) is 100 Å². The second kappa shape index (κ2) is 9.19. The molecular weight excluding hydrogens is 601 g/mol. The molecule has 4 aliphatic rings. The minimum Gasteiger partial charge on any atom is -0.457 e. The lowest BCUT2D eigenvalue weighted by atomic mass is 9.36. The molecular formula is C44H48BNOS. The second-order valence-electron chi connectivity index (χ2n) is 18.9. The standard InChI is InChI=1S/C44H48BNOS/c1-40(2,3)25-15-18-36-27(19-25)38-39(48-36)45-32-21-30-31(44(10,11)24-43(30,8)9)22-34(32)46(33-13-12-14-35(47-38)37(33)45)26-16-17-28-29(20-26)42(6,7)23-41(28,4)5/h12-22H,23-24H2,1-11H3. The zero-order valence-electron chi connectivity index (χ0n) is 30.6. The van der Waals surface area contributed by atoms with E-state index in [-0.39, 0.29) is 33.8 Å². The van der Waals surface area contributed by atoms with Crippen LogP contribution in [-0.4, -0.2) is 6.71 Å². The van der Waals surface area contributed by atoms with Crippen LogP contribution < -0.4 is 25.3 Å². The molecule has 0 unspecified atom stereocenters. The van der Waals surface area contributed by atoms with Crippen LogP contribution in [0.4, 0.5) is 17.1 Å². The topological polar surface area (TPSA) is 12.5 Å². The summed E-state index contributed by atoms with van der Waals surface area (Å²) in [6, 6.07) is 26.3. The van der Waals surface area contributed by atoms with E-state index in [9.17, 15) is 0 Å². The van der Waals surface area contributed by atoms with Gasteiger partial charge in [0.05, 0.1) is 0 Å². The number of rotatable bonds is 1. The van der Waals surface area contributed by atoms with Gasteiger partial charge in [-0.25, -0.2) is 0 Å². The summed E-state index contributed by atoms with van der Waals surface area (Å²) in [4.78, 5) is 2.58. The predicted molar refractivity (Wildman–Crippen MR) is 208 cm³/mol. The van der Waals surface area contributed by atoms with Crippen LogP contribution in [0, 0.1) is 0 Å². The van der Waals surface area contributed by atoms with Crippen molar-refractivity contribution in [1.29, 1.82) is 0 Å². The van der Waals surface area contributed by atoms with Crippen LogP contribution in [0.3, 0.4) is 0 Å². The Hall–Kier alpha value is -3.50. The summed E-state index contributed by atoms with van der Waals surface area (Å²) in [5.74, 6) is 2.04. The Morgan fingerprint density at radius 3 is 2.02 bits per heavy atom. The van der Waals surface area contributed by atoms with E-state index in [0.717, 1.165) is 24.3 Å². The molecule has 0 amide bonds. The third kappa shape index (κ3) is 4.05. The van der Waals surface area contributed by atoms with Gasteiger partial charge >= 0.3 is 0 Å². The summed E-state index contributed by atoms with van der Waals surface area (Å²) >= 11 is 1.92. The number of hydrogen-bond acceptors (Lipinski definition) is 3. The summed E-state index contributed by atoms with van der Waals surface area (Å²) in [7, 11) is 0. The molecule has 5 aromatic rings. The van der Waals surface area contributed by atoms with Crippen molar-refractivity contribution in [2.45, 2.75) is 116 Å². The number of hydrogen-bond donors (Lipinski definition) is 0. The highest BCUT2D eigenvalue weighted by Gasteiger charge is 2.49. The predicted octanol–water partition coefficient (Wildman–Crippen LogP) is 10.5. The lowest BCUT2D eigenvalue weighted by Gasteiger charge is -2.40. The molecule has 1 aromatic heterocycles. The Morgan fingerprint density at radius 2 is 1.33 bits per heavy atom. The van der Waals surface area contributed by atoms with E-state index in [1.807, 2.05) is 11.3 Å². The lowest BCUT2D eigenvalue weighted by Crippen LogP contribution is -2.58. The third-order valence-corrected chi connectivity index (χ3v) is 13.5. The molecule has 0 fully saturated rings. The van der Waals surface area contributed by atoms with Gasteiger partial charge < -0.3 is 9.64 Å². The van der Waals surface area contributed by atoms with Crippen LogP contribution in [0.1, 0.15) is 117 Å². The van der Waals surface area contributed by atoms with Crippen LogP contribution >= 0.6 is 11.3 Å². The summed E-state index contributed by atoms with van der Waals surface area (Å²) in [6.45, 7) is 26.5. The van der Waals surface area contributed by atoms with Gasteiger partial charge in [0, 0.05) is 31.9 Å². The monoisotopic (exact) mass is 649 g/mol. The molecule has 9 rings (SSSR count). The van der Waals surface area contributed by atoms with Crippen LogP contribution in [0.25, 0.3) is 10.1 Å². The number of ether oxygens (including phenoxy) is 1. The van der Waals surface area contributed by atoms with E-state index >= 15 is 0 Å². The fraction of sp³-hybridized carbons (Fsp3) is 0.409. The largest absolute Gasteiger partial charge is 0.457 e. The van der Waals surface area contributed by atoms with Gasteiger partial charge in [-0.3, -0.25) is 0 Å². The van der Waals surface area contributed by atoms with Crippen molar-refractivity contribution in [3.05, 3.63) is 94.5 Å². The zero-order valence-corrected chi connectivity index (χ0v) is 31.4. The highest BCUT2D eigenvalue weighted by atomic mass is 32.1. The smallest absolute Gasteiger partial charge is 0.268 e. The molecule has 4 heteroatoms. The molecule has 0 spiro atoms. The Bertz CT molecular complexity index is 2230. The average molecular weight is 650 g/mol. The SMILES string of the molecule is CC(C)(C)c1ccc2sc3c(c2c1)Oc1cccc2c1B3c1cc3c(cc1N2c1ccc2c(c1)C(C)(C)CC2(C)C)C(C)(C)CC3(C)C. The average Bonchev–Trinajstić information content (AvgIpc) is 3.51.